The minimum absolute atomic E-state index is 0. The third-order valence-corrected chi connectivity index (χ3v) is 9.55. The SMILES string of the molecule is Cc1ccc(CCC2CCC(C)CC2)c(F)c1Cl.Cc1ccc(CCC2CCC(C)CC2)c(F)c1Cl.[HH].[HH]. The van der Waals surface area contributed by atoms with Crippen LogP contribution in [-0.2, 0) is 12.8 Å². The molecule has 4 rings (SSSR count). The number of benzene rings is 2. The molecular formula is C32H48Cl2F2. The average Bonchev–Trinajstić information content (AvgIpc) is 2.87. The molecule has 4 heteroatoms. The van der Waals surface area contributed by atoms with E-state index < -0.39 is 0 Å². The average molecular weight is 542 g/mol. The van der Waals surface area contributed by atoms with E-state index in [0.717, 1.165) is 71.6 Å². The Hall–Kier alpha value is -1.12. The second-order valence-corrected chi connectivity index (χ2v) is 12.4. The van der Waals surface area contributed by atoms with Gasteiger partial charge in [-0.25, -0.2) is 8.78 Å². The van der Waals surface area contributed by atoms with Crippen LogP contribution in [-0.4, -0.2) is 0 Å². The fourth-order valence-corrected chi connectivity index (χ4v) is 6.08. The molecule has 36 heavy (non-hydrogen) atoms. The zero-order chi connectivity index (χ0) is 26.2. The second-order valence-electron chi connectivity index (χ2n) is 11.7. The van der Waals surface area contributed by atoms with Crippen LogP contribution in [0.25, 0.3) is 0 Å². The van der Waals surface area contributed by atoms with E-state index in [1.165, 1.54) is 51.4 Å². The summed E-state index contributed by atoms with van der Waals surface area (Å²) >= 11 is 11.9. The molecule has 2 aromatic rings. The first-order chi connectivity index (χ1) is 17.2. The maximum atomic E-state index is 13.9. The lowest BCUT2D eigenvalue weighted by Crippen LogP contribution is -2.13. The van der Waals surface area contributed by atoms with Crippen molar-refractivity contribution in [1.29, 1.82) is 0 Å². The lowest BCUT2D eigenvalue weighted by molar-refractivity contribution is 0.277. The molecule has 2 fully saturated rings. The summed E-state index contributed by atoms with van der Waals surface area (Å²) in [6.45, 7) is 8.35. The van der Waals surface area contributed by atoms with E-state index in [0.29, 0.717) is 10.0 Å². The molecule has 0 atom stereocenters. The largest absolute Gasteiger partial charge is 0.205 e. The summed E-state index contributed by atoms with van der Waals surface area (Å²) in [4.78, 5) is 0. The van der Waals surface area contributed by atoms with Crippen molar-refractivity contribution in [3.8, 4) is 0 Å². The third-order valence-electron chi connectivity index (χ3n) is 8.63. The zero-order valence-electron chi connectivity index (χ0n) is 22.6. The van der Waals surface area contributed by atoms with Crippen molar-refractivity contribution in [1.82, 2.24) is 0 Å². The van der Waals surface area contributed by atoms with Crippen LogP contribution in [0.5, 0.6) is 0 Å². The van der Waals surface area contributed by atoms with Crippen molar-refractivity contribution in [2.24, 2.45) is 23.7 Å². The minimum atomic E-state index is -0.208. The smallest absolute Gasteiger partial charge is 0.145 e. The van der Waals surface area contributed by atoms with Gasteiger partial charge in [0.15, 0.2) is 0 Å². The Morgan fingerprint density at radius 2 is 0.972 bits per heavy atom. The Balaban J connectivity index is 0.000000361. The Labute approximate surface area is 231 Å². The van der Waals surface area contributed by atoms with Crippen LogP contribution in [0.1, 0.15) is 103 Å². The monoisotopic (exact) mass is 540 g/mol. The molecule has 0 nitrogen and oxygen atoms in total. The van der Waals surface area contributed by atoms with Crippen molar-refractivity contribution in [2.45, 2.75) is 105 Å². The highest BCUT2D eigenvalue weighted by Crippen LogP contribution is 2.33. The fraction of sp³-hybridized carbons (Fsp3) is 0.625. The number of hydrogen-bond acceptors (Lipinski definition) is 0. The Morgan fingerprint density at radius 1 is 0.639 bits per heavy atom. The summed E-state index contributed by atoms with van der Waals surface area (Å²) in [5.41, 5.74) is 3.21. The summed E-state index contributed by atoms with van der Waals surface area (Å²) < 4.78 is 27.9. The highest BCUT2D eigenvalue weighted by molar-refractivity contribution is 6.31. The molecule has 0 spiro atoms. The van der Waals surface area contributed by atoms with E-state index in [4.69, 9.17) is 23.2 Å². The van der Waals surface area contributed by atoms with Crippen LogP contribution >= 0.6 is 23.2 Å². The van der Waals surface area contributed by atoms with Crippen LogP contribution in [0.3, 0.4) is 0 Å². The van der Waals surface area contributed by atoms with Gasteiger partial charge in [-0.2, -0.15) is 0 Å². The Morgan fingerprint density at radius 3 is 1.31 bits per heavy atom. The van der Waals surface area contributed by atoms with Crippen LogP contribution < -0.4 is 0 Å². The summed E-state index contributed by atoms with van der Waals surface area (Å²) in [6.07, 6.45) is 14.4. The van der Waals surface area contributed by atoms with Crippen LogP contribution in [0.4, 0.5) is 8.78 Å². The highest BCUT2D eigenvalue weighted by atomic mass is 35.5. The summed E-state index contributed by atoms with van der Waals surface area (Å²) in [5, 5.41) is 0.592. The van der Waals surface area contributed by atoms with Gasteiger partial charge in [0.2, 0.25) is 0 Å². The molecule has 0 aromatic heterocycles. The summed E-state index contributed by atoms with van der Waals surface area (Å²) in [7, 11) is 0. The highest BCUT2D eigenvalue weighted by Gasteiger charge is 2.20. The van der Waals surface area contributed by atoms with Gasteiger partial charge < -0.3 is 0 Å². The predicted molar refractivity (Wildman–Crippen MR) is 155 cm³/mol. The number of hydrogen-bond donors (Lipinski definition) is 0. The molecule has 0 heterocycles. The standard InChI is InChI=1S/2C16H22ClF.2H2/c2*1-11-3-6-13(7-4-11)8-10-14-9-5-12(2)15(17)16(14)18;;/h2*5,9,11,13H,3-4,6-8,10H2,1-2H3;2*1H. The van der Waals surface area contributed by atoms with Gasteiger partial charge in [0, 0.05) is 2.85 Å². The number of aryl methyl sites for hydroxylation is 4. The molecule has 2 aromatic carbocycles. The van der Waals surface area contributed by atoms with Crippen molar-refractivity contribution < 1.29 is 11.6 Å². The van der Waals surface area contributed by atoms with E-state index in [1.54, 1.807) is 0 Å². The lowest BCUT2D eigenvalue weighted by atomic mass is 9.80. The maximum absolute atomic E-state index is 13.9. The number of halogens is 4. The summed E-state index contributed by atoms with van der Waals surface area (Å²) in [5.74, 6) is 2.90. The molecule has 204 valence electrons. The Kier molecular flexibility index (Phi) is 11.6. The molecule has 2 saturated carbocycles. The topological polar surface area (TPSA) is 0 Å². The van der Waals surface area contributed by atoms with Gasteiger partial charge in [-0.15, -0.1) is 0 Å². The molecule has 2 aliphatic rings. The number of rotatable bonds is 6. The van der Waals surface area contributed by atoms with Gasteiger partial charge in [-0.1, -0.05) is 113 Å². The molecular weight excluding hydrogens is 493 g/mol. The second kappa shape index (κ2) is 14.1. The Bertz CT molecular complexity index is 902. The van der Waals surface area contributed by atoms with E-state index in [2.05, 4.69) is 13.8 Å². The molecule has 0 N–H and O–H groups in total. The molecule has 0 saturated heterocycles. The van der Waals surface area contributed by atoms with Gasteiger partial charge in [-0.05, 0) is 85.5 Å². The molecule has 0 bridgehead atoms. The first-order valence-corrected chi connectivity index (χ1v) is 14.8. The third kappa shape index (κ3) is 8.45. The van der Waals surface area contributed by atoms with Crippen LogP contribution in [0.2, 0.25) is 10.0 Å². The van der Waals surface area contributed by atoms with Gasteiger partial charge in [0.1, 0.15) is 11.6 Å². The van der Waals surface area contributed by atoms with Crippen molar-refractivity contribution in [3.05, 3.63) is 68.2 Å². The van der Waals surface area contributed by atoms with Gasteiger partial charge in [0.25, 0.3) is 0 Å². The molecule has 0 aliphatic heterocycles. The lowest BCUT2D eigenvalue weighted by Gasteiger charge is -2.26. The van der Waals surface area contributed by atoms with Crippen LogP contribution in [0, 0.1) is 49.2 Å². The van der Waals surface area contributed by atoms with Gasteiger partial charge >= 0.3 is 0 Å². The molecule has 0 unspecified atom stereocenters. The van der Waals surface area contributed by atoms with Crippen LogP contribution in [0.15, 0.2) is 24.3 Å². The van der Waals surface area contributed by atoms with Crippen molar-refractivity contribution in [2.75, 3.05) is 0 Å². The van der Waals surface area contributed by atoms with Crippen molar-refractivity contribution in [3.63, 3.8) is 0 Å². The van der Waals surface area contributed by atoms with Crippen molar-refractivity contribution >= 4 is 23.2 Å². The minimum Gasteiger partial charge on any atom is -0.205 e. The summed E-state index contributed by atoms with van der Waals surface area (Å²) in [6, 6.07) is 7.62. The maximum Gasteiger partial charge on any atom is 0.145 e. The van der Waals surface area contributed by atoms with Gasteiger partial charge in [0.05, 0.1) is 10.0 Å². The molecule has 2 aliphatic carbocycles. The molecule has 0 radical (unpaired) electrons. The van der Waals surface area contributed by atoms with E-state index in [1.807, 2.05) is 38.1 Å². The van der Waals surface area contributed by atoms with E-state index in [-0.39, 0.29) is 14.5 Å². The quantitative estimate of drug-likeness (QED) is 0.341. The fourth-order valence-electron chi connectivity index (χ4n) is 5.71. The van der Waals surface area contributed by atoms with Gasteiger partial charge in [-0.3, -0.25) is 0 Å². The van der Waals surface area contributed by atoms with E-state index >= 15 is 0 Å². The first-order valence-electron chi connectivity index (χ1n) is 14.0. The zero-order valence-corrected chi connectivity index (χ0v) is 24.1. The predicted octanol–water partition coefficient (Wildman–Crippen LogP) is 11.6. The van der Waals surface area contributed by atoms with E-state index in [9.17, 15) is 8.78 Å². The normalized spacial score (nSPS) is 24.2. The first kappa shape index (κ1) is 29.4. The molecule has 0 amide bonds.